The minimum Gasteiger partial charge on any atom is -0.461 e. The topological polar surface area (TPSA) is 95.1 Å². The quantitative estimate of drug-likeness (QED) is 0.326. The number of fused-ring (bicyclic) bond motifs is 5. The molecule has 2 unspecified atom stereocenters. The maximum Gasteiger partial charge on any atom is 0.319 e. The lowest BCUT2D eigenvalue weighted by molar-refractivity contribution is 0.0367. The van der Waals surface area contributed by atoms with Crippen molar-refractivity contribution in [3.05, 3.63) is 35.4 Å². The van der Waals surface area contributed by atoms with Crippen LogP contribution in [0.25, 0.3) is 33.1 Å². The molecule has 1 aromatic carbocycles. The lowest BCUT2D eigenvalue weighted by atomic mass is 9.95. The number of pyridine rings is 1. The summed E-state index contributed by atoms with van der Waals surface area (Å²) in [6.45, 7) is 6.96. The molecule has 4 aliphatic rings. The molecule has 4 saturated heterocycles. The normalized spacial score (nSPS) is 25.0. The van der Waals surface area contributed by atoms with Gasteiger partial charge in [-0.3, -0.25) is 15.0 Å². The third-order valence-electron chi connectivity index (χ3n) is 10.5. The van der Waals surface area contributed by atoms with Gasteiger partial charge in [0, 0.05) is 36.3 Å². The first-order valence-corrected chi connectivity index (χ1v) is 15.3. The van der Waals surface area contributed by atoms with E-state index in [0.29, 0.717) is 42.8 Å². The van der Waals surface area contributed by atoms with Gasteiger partial charge >= 0.3 is 6.01 Å². The van der Waals surface area contributed by atoms with Crippen molar-refractivity contribution in [1.29, 1.82) is 0 Å². The van der Waals surface area contributed by atoms with Gasteiger partial charge in [0.2, 0.25) is 0 Å². The largest absolute Gasteiger partial charge is 0.461 e. The van der Waals surface area contributed by atoms with Crippen LogP contribution in [0.3, 0.4) is 0 Å². The van der Waals surface area contributed by atoms with Gasteiger partial charge in [-0.15, -0.1) is 0 Å². The Labute approximate surface area is 247 Å². The van der Waals surface area contributed by atoms with E-state index in [1.807, 2.05) is 24.8 Å². The number of rotatable bonds is 6. The summed E-state index contributed by atoms with van der Waals surface area (Å²) in [7, 11) is 0. The summed E-state index contributed by atoms with van der Waals surface area (Å²) in [5, 5.41) is 11.5. The Morgan fingerprint density at radius 2 is 1.91 bits per heavy atom. The van der Waals surface area contributed by atoms with E-state index in [0.717, 1.165) is 60.8 Å². The third kappa shape index (κ3) is 4.12. The van der Waals surface area contributed by atoms with E-state index >= 15 is 4.39 Å². The molecule has 0 aliphatic carbocycles. The van der Waals surface area contributed by atoms with Gasteiger partial charge in [0.15, 0.2) is 5.82 Å². The van der Waals surface area contributed by atoms with Crippen molar-refractivity contribution in [3.8, 4) is 17.3 Å². The number of aromatic nitrogens is 5. The molecule has 12 heteroatoms. The number of nitrogens with one attached hydrogen (secondary N) is 2. The Balaban J connectivity index is 1.27. The average molecular weight is 593 g/mol. The molecule has 8 rings (SSSR count). The predicted molar refractivity (Wildman–Crippen MR) is 157 cm³/mol. The molecule has 0 amide bonds. The van der Waals surface area contributed by atoms with Crippen LogP contribution >= 0.6 is 0 Å². The first kappa shape index (κ1) is 27.1. The number of benzene rings is 1. The molecule has 0 saturated carbocycles. The van der Waals surface area contributed by atoms with Crippen LogP contribution in [0.5, 0.6) is 6.01 Å². The van der Waals surface area contributed by atoms with E-state index in [2.05, 4.69) is 30.4 Å². The van der Waals surface area contributed by atoms with Crippen LogP contribution in [0.15, 0.2) is 18.5 Å². The van der Waals surface area contributed by atoms with Crippen molar-refractivity contribution < 1.29 is 17.9 Å². The van der Waals surface area contributed by atoms with Crippen molar-refractivity contribution in [2.24, 2.45) is 0 Å². The summed E-state index contributed by atoms with van der Waals surface area (Å²) < 4.78 is 51.8. The number of hydrogen-bond acceptors (Lipinski definition) is 8. The third-order valence-corrected chi connectivity index (χ3v) is 10.5. The number of nitrogens with zero attached hydrogens (tertiary/aromatic N) is 6. The Morgan fingerprint density at radius 1 is 1.09 bits per heavy atom. The Bertz CT molecular complexity index is 1730. The van der Waals surface area contributed by atoms with E-state index in [9.17, 15) is 8.78 Å². The summed E-state index contributed by atoms with van der Waals surface area (Å²) in [5.74, 6) is -0.205. The highest BCUT2D eigenvalue weighted by molar-refractivity contribution is 5.99. The molecule has 4 aromatic rings. The number of H-pyrrole nitrogens is 1. The minimum atomic E-state index is -2.54. The summed E-state index contributed by atoms with van der Waals surface area (Å²) in [5.41, 5.74) is 2.16. The Morgan fingerprint density at radius 3 is 2.70 bits per heavy atom. The second-order valence-electron chi connectivity index (χ2n) is 13.0. The van der Waals surface area contributed by atoms with Gasteiger partial charge in [0.25, 0.3) is 6.43 Å². The standard InChI is InChI=1S/C31H35F3N8O/c1-17-11-22-20(13-36-40-22)23(18(17)2)26-24(32)25-21(12-35-26)27(41-14-19-5-8-31(15-41,39-19)28(33)34)38-29(37-25)43-16-30-6-3-9-42(30)10-4-7-30/h11-13,19,28,39H,3-10,14-16H2,1-2H3,(H,36,40). The predicted octanol–water partition coefficient (Wildman–Crippen LogP) is 4.91. The highest BCUT2D eigenvalue weighted by Gasteiger charge is 2.51. The lowest BCUT2D eigenvalue weighted by Crippen LogP contribution is -2.63. The maximum absolute atomic E-state index is 16.8. The van der Waals surface area contributed by atoms with Gasteiger partial charge in [-0.05, 0) is 82.7 Å². The molecule has 2 atom stereocenters. The monoisotopic (exact) mass is 592 g/mol. The maximum atomic E-state index is 16.8. The Hall–Kier alpha value is -3.51. The van der Waals surface area contributed by atoms with Crippen molar-refractivity contribution in [3.63, 3.8) is 0 Å². The molecule has 3 aromatic heterocycles. The molecule has 4 aliphatic heterocycles. The highest BCUT2D eigenvalue weighted by Crippen LogP contribution is 2.42. The molecule has 0 radical (unpaired) electrons. The summed E-state index contributed by atoms with van der Waals surface area (Å²) in [4.78, 5) is 18.4. The van der Waals surface area contributed by atoms with Crippen LogP contribution in [0, 0.1) is 19.7 Å². The van der Waals surface area contributed by atoms with E-state index in [1.165, 1.54) is 0 Å². The fourth-order valence-electron chi connectivity index (χ4n) is 8.11. The van der Waals surface area contributed by atoms with Gasteiger partial charge in [-0.25, -0.2) is 13.2 Å². The van der Waals surface area contributed by atoms with Crippen molar-refractivity contribution in [2.45, 2.75) is 75.9 Å². The fourth-order valence-corrected chi connectivity index (χ4v) is 8.11. The van der Waals surface area contributed by atoms with Gasteiger partial charge < -0.3 is 15.0 Å². The number of ether oxygens (including phenoxy) is 1. The van der Waals surface area contributed by atoms with Crippen LogP contribution in [0.4, 0.5) is 19.0 Å². The summed E-state index contributed by atoms with van der Waals surface area (Å²) >= 11 is 0. The Kier molecular flexibility index (Phi) is 6.14. The van der Waals surface area contributed by atoms with Gasteiger partial charge in [-0.1, -0.05) is 0 Å². The first-order chi connectivity index (χ1) is 20.8. The number of piperazine rings is 1. The van der Waals surface area contributed by atoms with E-state index in [-0.39, 0.29) is 35.3 Å². The van der Waals surface area contributed by atoms with E-state index in [1.54, 1.807) is 12.4 Å². The van der Waals surface area contributed by atoms with Gasteiger partial charge in [0.1, 0.15) is 23.6 Å². The molecule has 2 N–H and O–H groups in total. The number of aromatic amines is 1. The average Bonchev–Trinajstić information content (AvgIpc) is 3.77. The van der Waals surface area contributed by atoms with Crippen molar-refractivity contribution in [1.82, 2.24) is 35.4 Å². The second kappa shape index (κ2) is 9.75. The molecule has 7 heterocycles. The minimum absolute atomic E-state index is 0.0557. The lowest BCUT2D eigenvalue weighted by Gasteiger charge is -2.41. The van der Waals surface area contributed by atoms with Gasteiger partial charge in [0.05, 0.1) is 28.2 Å². The zero-order valence-electron chi connectivity index (χ0n) is 24.4. The molecular weight excluding hydrogens is 557 g/mol. The van der Waals surface area contributed by atoms with Gasteiger partial charge in [-0.2, -0.15) is 15.1 Å². The molecule has 2 bridgehead atoms. The SMILES string of the molecule is Cc1cc2[nH]ncc2c(-c2ncc3c(N4CC5CCC(C(F)F)(C4)N5)nc(OCC45CCCN4CCC5)nc3c2F)c1C. The zero-order chi connectivity index (χ0) is 29.5. The first-order valence-electron chi connectivity index (χ1n) is 15.3. The molecule has 226 valence electrons. The summed E-state index contributed by atoms with van der Waals surface area (Å²) in [6, 6.07) is 1.94. The van der Waals surface area contributed by atoms with Crippen LogP contribution < -0.4 is 15.0 Å². The van der Waals surface area contributed by atoms with Crippen molar-refractivity contribution >= 4 is 27.6 Å². The molecule has 4 fully saturated rings. The number of alkyl halides is 2. The van der Waals surface area contributed by atoms with Crippen LogP contribution in [-0.2, 0) is 0 Å². The van der Waals surface area contributed by atoms with Crippen LogP contribution in [-0.4, -0.2) is 86.4 Å². The van der Waals surface area contributed by atoms with E-state index in [4.69, 9.17) is 9.72 Å². The smallest absolute Gasteiger partial charge is 0.319 e. The van der Waals surface area contributed by atoms with Crippen LogP contribution in [0.1, 0.15) is 49.7 Å². The van der Waals surface area contributed by atoms with E-state index < -0.39 is 17.8 Å². The molecule has 9 nitrogen and oxygen atoms in total. The number of aryl methyl sites for hydroxylation is 1. The van der Waals surface area contributed by atoms with Crippen molar-refractivity contribution in [2.75, 3.05) is 37.7 Å². The molecule has 43 heavy (non-hydrogen) atoms. The number of anilines is 1. The second-order valence-corrected chi connectivity index (χ2v) is 13.0. The number of hydrogen-bond donors (Lipinski definition) is 2. The zero-order valence-corrected chi connectivity index (χ0v) is 24.4. The summed E-state index contributed by atoms with van der Waals surface area (Å²) in [6.07, 6.45) is 6.06. The fraction of sp³-hybridized carbons (Fsp3) is 0.548. The number of halogens is 3. The molecule has 0 spiro atoms. The highest BCUT2D eigenvalue weighted by atomic mass is 19.3. The molecular formula is C31H35F3N8O. The van der Waals surface area contributed by atoms with Crippen LogP contribution in [0.2, 0.25) is 0 Å².